The summed E-state index contributed by atoms with van der Waals surface area (Å²) in [4.78, 5) is 87.0. The number of hydrogen-bond acceptors (Lipinski definition) is 18. The lowest BCUT2D eigenvalue weighted by atomic mass is 9.87. The van der Waals surface area contributed by atoms with Crippen LogP contribution in [0.4, 0.5) is 5.82 Å². The molecule has 3 rings (SSSR count). The molecule has 10 N–H and O–H groups in total. The van der Waals surface area contributed by atoms with Gasteiger partial charge in [-0.15, -0.1) is 0 Å². The summed E-state index contributed by atoms with van der Waals surface area (Å²) in [5.41, 5.74) is 4.97. The van der Waals surface area contributed by atoms with Gasteiger partial charge >= 0.3 is 23.5 Å². The van der Waals surface area contributed by atoms with E-state index >= 15 is 0 Å². The van der Waals surface area contributed by atoms with Gasteiger partial charge in [0.1, 0.15) is 36.3 Å². The van der Waals surface area contributed by atoms with Gasteiger partial charge < -0.3 is 50.9 Å². The second kappa shape index (κ2) is 19.0. The first-order valence-electron chi connectivity index (χ1n) is 15.6. The van der Waals surface area contributed by atoms with E-state index in [0.29, 0.717) is 11.3 Å². The summed E-state index contributed by atoms with van der Waals surface area (Å²) in [6, 6.07) is 0. The second-order valence-electron chi connectivity index (χ2n) is 12.4. The molecule has 0 saturated carbocycles. The van der Waals surface area contributed by atoms with Crippen molar-refractivity contribution < 1.29 is 80.5 Å². The summed E-state index contributed by atoms with van der Waals surface area (Å²) in [6.45, 7) is 5.84. The van der Waals surface area contributed by atoms with E-state index in [0.717, 1.165) is 29.0 Å². The maximum atomic E-state index is 12.6. The third kappa shape index (κ3) is 13.8. The van der Waals surface area contributed by atoms with E-state index in [1.54, 1.807) is 6.92 Å². The van der Waals surface area contributed by atoms with Gasteiger partial charge in [-0.1, -0.05) is 37.8 Å². The highest BCUT2D eigenvalue weighted by Gasteiger charge is 2.50. The molecule has 1 aliphatic heterocycles. The molecular weight excluding hydrogens is 807 g/mol. The standard InChI is InChI=1S/C26H42N7O17P3S/c1-14(2)9-17(35)54-8-7-28-16(34)5-6-29-24(38)21(37)26(3,4)11-47-53(44,45)50-52(42,43)46-10-15-20(49-51(39,40)41)19(36)25(48-15)33-13-32-18-22(27)30-12-31-23(18)33/h12-13,15,19-21,25,36-37H,1,5-11H2,2-4H3,(H,28,34)(H,29,38)(H,42,43)(H,44,45)(H2,27,30,31)(H2,39,40,41)/t15-,19-,20-,21+,25-/m1/s1. The van der Waals surface area contributed by atoms with Gasteiger partial charge in [-0.05, 0) is 6.92 Å². The van der Waals surface area contributed by atoms with Crippen molar-refractivity contribution in [3.8, 4) is 0 Å². The molecule has 7 atom stereocenters. The van der Waals surface area contributed by atoms with E-state index in [1.165, 1.54) is 13.8 Å². The van der Waals surface area contributed by atoms with Gasteiger partial charge in [-0.3, -0.25) is 32.5 Å². The van der Waals surface area contributed by atoms with Crippen molar-refractivity contribution in [2.45, 2.75) is 64.3 Å². The number of phosphoric acid groups is 3. The van der Waals surface area contributed by atoms with Crippen molar-refractivity contribution >= 4 is 69.1 Å². The van der Waals surface area contributed by atoms with E-state index in [1.807, 2.05) is 0 Å². The van der Waals surface area contributed by atoms with Gasteiger partial charge in [0.25, 0.3) is 0 Å². The van der Waals surface area contributed by atoms with Crippen molar-refractivity contribution in [3.63, 3.8) is 0 Å². The smallest absolute Gasteiger partial charge is 0.386 e. The Morgan fingerprint density at radius 3 is 2.41 bits per heavy atom. The Kier molecular flexibility index (Phi) is 16.0. The lowest BCUT2D eigenvalue weighted by molar-refractivity contribution is -0.137. The molecule has 24 nitrogen and oxygen atoms in total. The highest BCUT2D eigenvalue weighted by Crippen LogP contribution is 2.61. The lowest BCUT2D eigenvalue weighted by Gasteiger charge is -2.30. The average molecular weight is 850 g/mol. The van der Waals surface area contributed by atoms with Gasteiger partial charge in [-0.25, -0.2) is 28.6 Å². The summed E-state index contributed by atoms with van der Waals surface area (Å²) >= 11 is 1.04. The number of hydrogen-bond donors (Lipinski definition) is 9. The molecule has 2 aromatic rings. The van der Waals surface area contributed by atoms with Crippen LogP contribution in [0.5, 0.6) is 0 Å². The fraction of sp³-hybridized carbons (Fsp3) is 0.615. The molecule has 0 bridgehead atoms. The van der Waals surface area contributed by atoms with Crippen LogP contribution in [0.25, 0.3) is 11.2 Å². The van der Waals surface area contributed by atoms with Crippen LogP contribution in [0, 0.1) is 5.41 Å². The summed E-state index contributed by atoms with van der Waals surface area (Å²) < 4.78 is 62.0. The Hall–Kier alpha value is -2.70. The number of carbonyl (C=O) groups excluding carboxylic acids is 3. The number of fused-ring (bicyclic) bond motifs is 1. The minimum absolute atomic E-state index is 0.0295. The zero-order valence-corrected chi connectivity index (χ0v) is 32.5. The number of carbonyl (C=O) groups is 3. The molecule has 304 valence electrons. The third-order valence-corrected chi connectivity index (χ3v) is 11.2. The second-order valence-corrected chi connectivity index (χ2v) is 17.8. The van der Waals surface area contributed by atoms with Gasteiger partial charge in [0, 0.05) is 37.1 Å². The molecule has 0 spiro atoms. The van der Waals surface area contributed by atoms with Gasteiger partial charge in [0.2, 0.25) is 11.8 Å². The number of nitrogens with two attached hydrogens (primary N) is 1. The molecule has 1 saturated heterocycles. The molecule has 54 heavy (non-hydrogen) atoms. The Bertz CT molecular complexity index is 1830. The first kappa shape index (κ1) is 45.7. The van der Waals surface area contributed by atoms with Crippen LogP contribution in [0.3, 0.4) is 0 Å². The van der Waals surface area contributed by atoms with Gasteiger partial charge in [0.15, 0.2) is 22.8 Å². The number of anilines is 1. The van der Waals surface area contributed by atoms with Crippen molar-refractivity contribution in [1.29, 1.82) is 0 Å². The number of thioether (sulfide) groups is 1. The maximum absolute atomic E-state index is 12.6. The molecule has 0 aromatic carbocycles. The van der Waals surface area contributed by atoms with Gasteiger partial charge in [0.05, 0.1) is 19.5 Å². The molecule has 2 aromatic heterocycles. The van der Waals surface area contributed by atoms with E-state index in [4.69, 9.17) is 19.5 Å². The summed E-state index contributed by atoms with van der Waals surface area (Å²) in [6.07, 6.45) is -6.70. The zero-order chi connectivity index (χ0) is 40.6. The number of aliphatic hydroxyl groups is 2. The van der Waals surface area contributed by atoms with Gasteiger partial charge in [-0.2, -0.15) is 4.31 Å². The lowest BCUT2D eigenvalue weighted by Crippen LogP contribution is -2.46. The van der Waals surface area contributed by atoms with E-state index < -0.39 is 84.6 Å². The summed E-state index contributed by atoms with van der Waals surface area (Å²) in [5, 5.41) is 26.2. The molecule has 0 aliphatic carbocycles. The number of amides is 2. The molecule has 2 unspecified atom stereocenters. The molecule has 1 aliphatic rings. The predicted octanol–water partition coefficient (Wildman–Crippen LogP) is -0.369. The van der Waals surface area contributed by atoms with Crippen LogP contribution in [0.1, 0.15) is 39.8 Å². The number of nitrogens with one attached hydrogen (secondary N) is 2. The monoisotopic (exact) mass is 849 g/mol. The average Bonchev–Trinajstić information content (AvgIpc) is 3.60. The number of nitrogens with zero attached hydrogens (tertiary/aromatic N) is 4. The van der Waals surface area contributed by atoms with E-state index in [-0.39, 0.29) is 48.0 Å². The maximum Gasteiger partial charge on any atom is 0.481 e. The summed E-state index contributed by atoms with van der Waals surface area (Å²) in [7, 11) is -16.4. The minimum atomic E-state index is -5.57. The van der Waals surface area contributed by atoms with Crippen molar-refractivity contribution in [1.82, 2.24) is 30.2 Å². The Morgan fingerprint density at radius 1 is 1.09 bits per heavy atom. The number of nitrogen functional groups attached to an aromatic ring is 1. The van der Waals surface area contributed by atoms with Crippen LogP contribution in [-0.2, 0) is 50.7 Å². The molecule has 28 heteroatoms. The Labute approximate surface area is 311 Å². The van der Waals surface area contributed by atoms with Crippen LogP contribution < -0.4 is 16.4 Å². The predicted molar refractivity (Wildman–Crippen MR) is 187 cm³/mol. The van der Waals surface area contributed by atoms with Crippen molar-refractivity contribution in [2.75, 3.05) is 37.8 Å². The molecule has 1 fully saturated rings. The van der Waals surface area contributed by atoms with E-state index in [9.17, 15) is 57.9 Å². The van der Waals surface area contributed by atoms with Crippen LogP contribution >= 0.6 is 35.2 Å². The summed E-state index contributed by atoms with van der Waals surface area (Å²) in [5.74, 6) is -1.13. The third-order valence-electron chi connectivity index (χ3n) is 7.21. The highest BCUT2D eigenvalue weighted by molar-refractivity contribution is 8.13. The molecule has 2 amide bonds. The number of allylic oxidation sites excluding steroid dienone is 1. The quantitative estimate of drug-likeness (QED) is 0.0439. The van der Waals surface area contributed by atoms with Crippen molar-refractivity contribution in [2.24, 2.45) is 5.41 Å². The number of phosphoric ester groups is 3. The first-order chi connectivity index (χ1) is 24.9. The van der Waals surface area contributed by atoms with Crippen LogP contribution in [0.2, 0.25) is 0 Å². The fourth-order valence-corrected chi connectivity index (χ4v) is 8.20. The largest absolute Gasteiger partial charge is 0.481 e. The van der Waals surface area contributed by atoms with Crippen molar-refractivity contribution in [3.05, 3.63) is 24.8 Å². The molecule has 3 heterocycles. The fourth-order valence-electron chi connectivity index (χ4n) is 4.59. The molecule has 0 radical (unpaired) electrons. The van der Waals surface area contributed by atoms with Crippen LogP contribution in [0.15, 0.2) is 24.8 Å². The number of aromatic nitrogens is 4. The minimum Gasteiger partial charge on any atom is -0.386 e. The molecular formula is C26H42N7O17P3S. The number of imidazole rings is 1. The normalized spacial score (nSPS) is 21.9. The number of ether oxygens (including phenoxy) is 1. The first-order valence-corrected chi connectivity index (χ1v) is 21.1. The Morgan fingerprint density at radius 2 is 1.76 bits per heavy atom. The van der Waals surface area contributed by atoms with Crippen LogP contribution in [-0.4, -0.2) is 123 Å². The zero-order valence-electron chi connectivity index (χ0n) is 29.0. The number of aliphatic hydroxyl groups excluding tert-OH is 2. The number of rotatable bonds is 21. The topological polar surface area (TPSA) is 364 Å². The highest BCUT2D eigenvalue weighted by atomic mass is 32.2. The SMILES string of the molecule is C=C(C)CC(=O)SCCNC(=O)CCNC(=O)[C@H](O)C(C)(C)COP(=O)(O)OP(=O)(O)OC[C@H]1O[C@@H](n2cnc3c(N)ncnc32)[C@H](O)[C@@H]1OP(=O)(O)O. The van der Waals surface area contributed by atoms with E-state index in [2.05, 4.69) is 41.0 Å². The Balaban J connectivity index is 1.51.